The number of fused-ring (bicyclic) bond motifs is 1. The zero-order valence-corrected chi connectivity index (χ0v) is 11.0. The van der Waals surface area contributed by atoms with Crippen LogP contribution < -0.4 is 10.6 Å². The van der Waals surface area contributed by atoms with E-state index in [1.54, 1.807) is 12.1 Å². The van der Waals surface area contributed by atoms with Gasteiger partial charge in [0.2, 0.25) is 5.91 Å². The molecule has 1 aromatic carbocycles. The normalized spacial score (nSPS) is 27.8. The third-order valence-electron chi connectivity index (χ3n) is 3.73. The van der Waals surface area contributed by atoms with E-state index < -0.39 is 5.82 Å². The van der Waals surface area contributed by atoms with Crippen LogP contribution in [0.4, 0.5) is 4.39 Å². The summed E-state index contributed by atoms with van der Waals surface area (Å²) in [6.07, 6.45) is 4.99. The molecule has 5 heteroatoms. The monoisotopic (exact) mass is 280 g/mol. The van der Waals surface area contributed by atoms with Crippen LogP contribution in [0.5, 0.6) is 0 Å². The van der Waals surface area contributed by atoms with Crippen LogP contribution in [-0.4, -0.2) is 18.0 Å². The highest BCUT2D eigenvalue weighted by Gasteiger charge is 2.38. The second-order valence-electron chi connectivity index (χ2n) is 4.96. The van der Waals surface area contributed by atoms with Crippen LogP contribution in [-0.2, 0) is 11.3 Å². The third kappa shape index (κ3) is 2.38. The number of rotatable bonds is 3. The van der Waals surface area contributed by atoms with Gasteiger partial charge < -0.3 is 5.32 Å². The highest BCUT2D eigenvalue weighted by atomic mass is 35.5. The summed E-state index contributed by atoms with van der Waals surface area (Å²) in [6.45, 7) is 0.159. The van der Waals surface area contributed by atoms with Crippen LogP contribution >= 0.6 is 11.6 Å². The van der Waals surface area contributed by atoms with Gasteiger partial charge in [0, 0.05) is 18.2 Å². The second-order valence-corrected chi connectivity index (χ2v) is 5.37. The summed E-state index contributed by atoms with van der Waals surface area (Å²) in [5, 5.41) is 6.06. The van der Waals surface area contributed by atoms with E-state index in [1.807, 2.05) is 0 Å². The van der Waals surface area contributed by atoms with Crippen molar-refractivity contribution >= 4 is 17.5 Å². The van der Waals surface area contributed by atoms with Gasteiger partial charge in [-0.25, -0.2) is 4.39 Å². The van der Waals surface area contributed by atoms with Gasteiger partial charge in [-0.15, -0.1) is 0 Å². The number of halogens is 2. The topological polar surface area (TPSA) is 41.1 Å². The van der Waals surface area contributed by atoms with Gasteiger partial charge >= 0.3 is 0 Å². The molecule has 3 rings (SSSR count). The third-order valence-corrected chi connectivity index (χ3v) is 4.02. The molecule has 0 unspecified atom stereocenters. The van der Waals surface area contributed by atoms with Crippen LogP contribution in [0.2, 0.25) is 5.02 Å². The van der Waals surface area contributed by atoms with E-state index in [0.29, 0.717) is 17.5 Å². The van der Waals surface area contributed by atoms with Gasteiger partial charge in [-0.2, -0.15) is 0 Å². The summed E-state index contributed by atoms with van der Waals surface area (Å²) in [5.74, 6) is -0.0835. The van der Waals surface area contributed by atoms with Crippen molar-refractivity contribution in [3.63, 3.8) is 0 Å². The standard InChI is InChI=1S/C14H14ClFN2O/c15-10-3-1-2-9(13(10)16)7-17-14(19)12-6-8-4-5-11(8)18-12/h1-5,8,11-12,18H,6-7H2,(H,17,19)/t8-,11-,12+/m1/s1. The lowest BCUT2D eigenvalue weighted by Crippen LogP contribution is -2.42. The number of amides is 1. The highest BCUT2D eigenvalue weighted by molar-refractivity contribution is 6.30. The van der Waals surface area contributed by atoms with Crippen molar-refractivity contribution in [3.05, 3.63) is 46.8 Å². The molecular formula is C14H14ClFN2O. The molecule has 100 valence electrons. The van der Waals surface area contributed by atoms with Crippen molar-refractivity contribution in [1.29, 1.82) is 0 Å². The van der Waals surface area contributed by atoms with E-state index >= 15 is 0 Å². The fraction of sp³-hybridized carbons (Fsp3) is 0.357. The minimum absolute atomic E-state index is 0.0768. The molecule has 0 saturated carbocycles. The molecule has 0 spiro atoms. The molecule has 2 aliphatic rings. The highest BCUT2D eigenvalue weighted by Crippen LogP contribution is 2.30. The average molecular weight is 281 g/mol. The maximum atomic E-state index is 13.7. The molecule has 1 aliphatic heterocycles. The number of carbonyl (C=O) groups is 1. The Hall–Kier alpha value is -1.39. The summed E-state index contributed by atoms with van der Waals surface area (Å²) in [4.78, 5) is 12.0. The molecule has 19 heavy (non-hydrogen) atoms. The van der Waals surface area contributed by atoms with E-state index in [2.05, 4.69) is 22.8 Å². The van der Waals surface area contributed by atoms with Crippen LogP contribution in [0.15, 0.2) is 30.4 Å². The maximum absolute atomic E-state index is 13.7. The first-order chi connectivity index (χ1) is 9.15. The van der Waals surface area contributed by atoms with E-state index in [9.17, 15) is 9.18 Å². The van der Waals surface area contributed by atoms with Crippen molar-refractivity contribution in [2.75, 3.05) is 0 Å². The molecule has 1 aromatic rings. The number of carbonyl (C=O) groups excluding carboxylic acids is 1. The van der Waals surface area contributed by atoms with Crippen molar-refractivity contribution in [2.24, 2.45) is 5.92 Å². The Bertz CT molecular complexity index is 532. The minimum atomic E-state index is -0.467. The Balaban J connectivity index is 1.57. The van der Waals surface area contributed by atoms with E-state index in [0.717, 1.165) is 6.42 Å². The molecule has 1 fully saturated rings. The first-order valence-corrected chi connectivity index (χ1v) is 6.68. The number of hydrogen-bond acceptors (Lipinski definition) is 2. The summed E-state index contributed by atoms with van der Waals surface area (Å²) in [7, 11) is 0. The Labute approximate surface area is 115 Å². The van der Waals surface area contributed by atoms with Gasteiger partial charge in [-0.1, -0.05) is 35.9 Å². The fourth-order valence-corrected chi connectivity index (χ4v) is 2.72. The van der Waals surface area contributed by atoms with Gasteiger partial charge in [0.25, 0.3) is 0 Å². The summed E-state index contributed by atoms with van der Waals surface area (Å²) >= 11 is 5.69. The first-order valence-electron chi connectivity index (χ1n) is 6.30. The predicted octanol–water partition coefficient (Wildman–Crippen LogP) is 2.01. The molecule has 1 amide bonds. The number of nitrogens with one attached hydrogen (secondary N) is 2. The molecular weight excluding hydrogens is 267 g/mol. The van der Waals surface area contributed by atoms with Crippen molar-refractivity contribution < 1.29 is 9.18 Å². The lowest BCUT2D eigenvalue weighted by molar-refractivity contribution is -0.123. The molecule has 0 aromatic heterocycles. The quantitative estimate of drug-likeness (QED) is 0.832. The number of benzene rings is 1. The smallest absolute Gasteiger partial charge is 0.237 e. The predicted molar refractivity (Wildman–Crippen MR) is 71.2 cm³/mol. The van der Waals surface area contributed by atoms with Crippen molar-refractivity contribution in [1.82, 2.24) is 10.6 Å². The zero-order chi connectivity index (χ0) is 13.4. The van der Waals surface area contributed by atoms with Gasteiger partial charge in [0.1, 0.15) is 5.82 Å². The molecule has 1 aliphatic carbocycles. The number of hydrogen-bond donors (Lipinski definition) is 2. The molecule has 3 nitrogen and oxygen atoms in total. The van der Waals surface area contributed by atoms with Gasteiger partial charge in [-0.3, -0.25) is 10.1 Å². The Morgan fingerprint density at radius 3 is 2.95 bits per heavy atom. The summed E-state index contributed by atoms with van der Waals surface area (Å²) in [6, 6.07) is 4.93. The van der Waals surface area contributed by atoms with Crippen LogP contribution in [0, 0.1) is 11.7 Å². The fourth-order valence-electron chi connectivity index (χ4n) is 2.53. The van der Waals surface area contributed by atoms with Gasteiger partial charge in [-0.05, 0) is 18.4 Å². The van der Waals surface area contributed by atoms with Crippen molar-refractivity contribution in [2.45, 2.75) is 25.0 Å². The molecule has 0 radical (unpaired) electrons. The lowest BCUT2D eigenvalue weighted by atomic mass is 9.89. The first kappa shape index (κ1) is 12.6. The van der Waals surface area contributed by atoms with E-state index in [-0.39, 0.29) is 23.5 Å². The molecule has 3 atom stereocenters. The van der Waals surface area contributed by atoms with Gasteiger partial charge in [0.15, 0.2) is 0 Å². The largest absolute Gasteiger partial charge is 0.351 e. The van der Waals surface area contributed by atoms with Crippen LogP contribution in [0.3, 0.4) is 0 Å². The SMILES string of the molecule is O=C(NCc1cccc(Cl)c1F)[C@@H]1C[C@H]2C=C[C@H]2N1. The summed E-state index contributed by atoms with van der Waals surface area (Å²) < 4.78 is 13.7. The zero-order valence-electron chi connectivity index (χ0n) is 10.2. The molecule has 0 bridgehead atoms. The molecule has 1 heterocycles. The van der Waals surface area contributed by atoms with Crippen molar-refractivity contribution in [3.8, 4) is 0 Å². The van der Waals surface area contributed by atoms with Gasteiger partial charge in [0.05, 0.1) is 11.1 Å². The van der Waals surface area contributed by atoms with E-state index in [1.165, 1.54) is 6.07 Å². The van der Waals surface area contributed by atoms with E-state index in [4.69, 9.17) is 11.6 Å². The summed E-state index contributed by atoms with van der Waals surface area (Å²) in [5.41, 5.74) is 0.403. The maximum Gasteiger partial charge on any atom is 0.237 e. The lowest BCUT2D eigenvalue weighted by Gasteiger charge is -2.19. The molecule has 2 N–H and O–H groups in total. The Morgan fingerprint density at radius 1 is 1.47 bits per heavy atom. The van der Waals surface area contributed by atoms with Crippen LogP contribution in [0.25, 0.3) is 0 Å². The average Bonchev–Trinajstić information content (AvgIpc) is 2.67. The minimum Gasteiger partial charge on any atom is -0.351 e. The Morgan fingerprint density at radius 2 is 2.32 bits per heavy atom. The molecule has 1 saturated heterocycles. The second kappa shape index (κ2) is 4.94. The Kier molecular flexibility index (Phi) is 3.29. The van der Waals surface area contributed by atoms with Crippen LogP contribution in [0.1, 0.15) is 12.0 Å².